The van der Waals surface area contributed by atoms with Crippen LogP contribution in [0.2, 0.25) is 0 Å². The molecule has 1 aromatic heterocycles. The zero-order valence-corrected chi connectivity index (χ0v) is 43.8. The van der Waals surface area contributed by atoms with Gasteiger partial charge in [0, 0.05) is 25.5 Å². The molecule has 1 saturated heterocycles. The molecule has 1 aliphatic rings. The molecule has 0 aliphatic carbocycles. The van der Waals surface area contributed by atoms with Crippen molar-refractivity contribution >= 4 is 39.2 Å². The number of hydrogen-bond donors (Lipinski definition) is 5. The number of phosphoric acid groups is 2. The van der Waals surface area contributed by atoms with E-state index in [-0.39, 0.29) is 24.4 Å². The summed E-state index contributed by atoms with van der Waals surface area (Å²) in [5, 5.41) is 20.9. The summed E-state index contributed by atoms with van der Waals surface area (Å²) >= 11 is 0. The highest BCUT2D eigenvalue weighted by atomic mass is 31.3. The smallest absolute Gasteiger partial charge is 0.462 e. The van der Waals surface area contributed by atoms with E-state index in [4.69, 9.17) is 29.0 Å². The molecule has 2 unspecified atom stereocenters. The first-order valence-electron chi connectivity index (χ1n) is 25.6. The topological polar surface area (TPSA) is 283 Å². The van der Waals surface area contributed by atoms with Crippen molar-refractivity contribution in [3.63, 3.8) is 0 Å². The standard InChI is InChI=1S/C50H83N3O16P2/c1-3-5-7-8-9-10-11-12-13-14-15-16-17-20-24-27-31-35-46(56)67-42(38-64-45(55)34-30-26-23-21-18-19-22-25-29-33-41(54)32-28-6-4-2)39-65-70(60,61)69-71(62,63)66-40-43-47(57)48(58)49(68-43)53-37-36-44(51)52-50(53)59/h9-10,12-13,22,25,29,33,36-37,42-43,47-49,57-58H,3-8,11,14-21,23-24,26-28,30-32,34-35,38-40H2,1-2H3,(H,60,61)(H,62,63)(H2,51,52,59)/b10-9-,13-12-,25-22-,33-29+/t42-,43-,47-,48-,49-/m1/s1. The Labute approximate surface area is 420 Å². The number of nitrogens with zero attached hydrogens (tertiary/aromatic N) is 2. The monoisotopic (exact) mass is 1040 g/mol. The van der Waals surface area contributed by atoms with Gasteiger partial charge in [-0.3, -0.25) is 28.0 Å². The van der Waals surface area contributed by atoms with Crippen LogP contribution in [0.5, 0.6) is 0 Å². The Bertz CT molecular complexity index is 1940. The zero-order valence-electron chi connectivity index (χ0n) is 42.0. The minimum Gasteiger partial charge on any atom is -0.462 e. The van der Waals surface area contributed by atoms with Gasteiger partial charge in [0.15, 0.2) is 18.1 Å². The van der Waals surface area contributed by atoms with Crippen LogP contribution in [0.3, 0.4) is 0 Å². The molecule has 2 heterocycles. The molecule has 0 spiro atoms. The fourth-order valence-corrected chi connectivity index (χ4v) is 9.43. The van der Waals surface area contributed by atoms with Gasteiger partial charge in [-0.1, -0.05) is 133 Å². The summed E-state index contributed by atoms with van der Waals surface area (Å²) in [5.74, 6) is -1.24. The number of aromatic nitrogens is 2. The van der Waals surface area contributed by atoms with Crippen molar-refractivity contribution in [2.24, 2.45) is 0 Å². The van der Waals surface area contributed by atoms with E-state index < -0.39 is 83.7 Å². The SMILES string of the molecule is CCCCC/C=C\C/C=C\CCCCCCCCCC(=O)O[C@H](COC(=O)CCCCCCC/C=C\C=C\C(=O)CCCCC)COP(=O)(O)OP(=O)(O)OC[C@H]1O[C@@H](n2ccc(N)nc2=O)[C@H](O)[C@@H]1O. The summed E-state index contributed by atoms with van der Waals surface area (Å²) in [6, 6.07) is 1.24. The van der Waals surface area contributed by atoms with Gasteiger partial charge in [-0.2, -0.15) is 9.29 Å². The third kappa shape index (κ3) is 30.9. The molecule has 0 amide bonds. The van der Waals surface area contributed by atoms with E-state index in [9.17, 15) is 48.3 Å². The number of rotatable bonds is 42. The predicted molar refractivity (Wildman–Crippen MR) is 271 cm³/mol. The second-order valence-electron chi connectivity index (χ2n) is 17.7. The molecule has 6 N–H and O–H groups in total. The number of aliphatic hydroxyl groups excluding tert-OH is 2. The van der Waals surface area contributed by atoms with Crippen molar-refractivity contribution in [2.45, 2.75) is 205 Å². The maximum absolute atomic E-state index is 12.9. The van der Waals surface area contributed by atoms with Crippen molar-refractivity contribution in [1.29, 1.82) is 0 Å². The normalized spacial score (nSPS) is 19.5. The Morgan fingerprint density at radius 2 is 1.27 bits per heavy atom. The van der Waals surface area contributed by atoms with E-state index in [1.54, 1.807) is 12.2 Å². The maximum Gasteiger partial charge on any atom is 0.481 e. The second kappa shape index (κ2) is 38.0. The van der Waals surface area contributed by atoms with Gasteiger partial charge in [0.2, 0.25) is 0 Å². The number of anilines is 1. The quantitative estimate of drug-likeness (QED) is 0.0102. The van der Waals surface area contributed by atoms with E-state index in [2.05, 4.69) is 47.4 Å². The third-order valence-electron chi connectivity index (χ3n) is 11.4. The predicted octanol–water partition coefficient (Wildman–Crippen LogP) is 9.74. The molecule has 404 valence electrons. The van der Waals surface area contributed by atoms with Crippen molar-refractivity contribution in [3.8, 4) is 0 Å². The van der Waals surface area contributed by atoms with Gasteiger partial charge in [-0.15, -0.1) is 0 Å². The number of carbonyl (C=O) groups is 3. The van der Waals surface area contributed by atoms with Crippen molar-refractivity contribution in [2.75, 3.05) is 25.6 Å². The first-order valence-corrected chi connectivity index (χ1v) is 28.6. The zero-order chi connectivity index (χ0) is 52.2. The number of hydrogen-bond acceptors (Lipinski definition) is 16. The summed E-state index contributed by atoms with van der Waals surface area (Å²) in [7, 11) is -10.9. The number of ketones is 1. The average Bonchev–Trinajstić information content (AvgIpc) is 3.60. The van der Waals surface area contributed by atoms with Gasteiger partial charge < -0.3 is 39.9 Å². The van der Waals surface area contributed by atoms with Gasteiger partial charge >= 0.3 is 33.3 Å². The first-order chi connectivity index (χ1) is 34.1. The fraction of sp³-hybridized carbons (Fsp3) is 0.700. The van der Waals surface area contributed by atoms with Crippen LogP contribution in [-0.2, 0) is 51.1 Å². The van der Waals surface area contributed by atoms with E-state index in [1.165, 1.54) is 25.3 Å². The highest BCUT2D eigenvalue weighted by Gasteiger charge is 2.46. The minimum absolute atomic E-state index is 0.0225. The van der Waals surface area contributed by atoms with Crippen LogP contribution in [0, 0.1) is 0 Å². The lowest BCUT2D eigenvalue weighted by Crippen LogP contribution is -2.36. The fourth-order valence-electron chi connectivity index (χ4n) is 7.32. The number of unbranched alkanes of at least 4 members (excludes halogenated alkanes) is 17. The third-order valence-corrected chi connectivity index (χ3v) is 14.0. The number of nitrogens with two attached hydrogens (primary N) is 1. The van der Waals surface area contributed by atoms with E-state index >= 15 is 0 Å². The largest absolute Gasteiger partial charge is 0.481 e. The minimum atomic E-state index is -5.44. The van der Waals surface area contributed by atoms with Crippen LogP contribution < -0.4 is 11.4 Å². The molecule has 0 bridgehead atoms. The van der Waals surface area contributed by atoms with Crippen LogP contribution in [0.4, 0.5) is 5.82 Å². The van der Waals surface area contributed by atoms with Crippen LogP contribution in [0.25, 0.3) is 0 Å². The van der Waals surface area contributed by atoms with Gasteiger partial charge in [-0.05, 0) is 76.4 Å². The molecule has 1 aromatic rings. The molecule has 0 radical (unpaired) electrons. The summed E-state index contributed by atoms with van der Waals surface area (Å²) in [6.45, 7) is 1.93. The Kier molecular flexibility index (Phi) is 34.0. The molecular formula is C50H83N3O16P2. The lowest BCUT2D eigenvalue weighted by Gasteiger charge is -2.21. The van der Waals surface area contributed by atoms with E-state index in [0.717, 1.165) is 120 Å². The van der Waals surface area contributed by atoms with Gasteiger partial charge in [-0.25, -0.2) is 13.9 Å². The molecule has 7 atom stereocenters. The van der Waals surface area contributed by atoms with Crippen LogP contribution in [0.1, 0.15) is 181 Å². The molecule has 0 saturated carbocycles. The lowest BCUT2D eigenvalue weighted by molar-refractivity contribution is -0.161. The Morgan fingerprint density at radius 1 is 0.718 bits per heavy atom. The van der Waals surface area contributed by atoms with E-state index in [0.29, 0.717) is 19.3 Å². The van der Waals surface area contributed by atoms with Gasteiger partial charge in [0.1, 0.15) is 30.7 Å². The number of allylic oxidation sites excluding steroid dienone is 8. The number of nitrogen functional groups attached to an aromatic ring is 1. The molecule has 19 nitrogen and oxygen atoms in total. The number of esters is 2. The molecular weight excluding hydrogens is 961 g/mol. The summed E-state index contributed by atoms with van der Waals surface area (Å²) in [6.07, 6.45) is 31.6. The van der Waals surface area contributed by atoms with Crippen LogP contribution in [-0.4, -0.2) is 91.5 Å². The summed E-state index contributed by atoms with van der Waals surface area (Å²) in [4.78, 5) is 73.7. The van der Waals surface area contributed by atoms with E-state index in [1.807, 2.05) is 12.2 Å². The highest BCUT2D eigenvalue weighted by Crippen LogP contribution is 2.60. The van der Waals surface area contributed by atoms with Crippen molar-refractivity contribution in [1.82, 2.24) is 9.55 Å². The highest BCUT2D eigenvalue weighted by molar-refractivity contribution is 7.61. The maximum atomic E-state index is 12.9. The first kappa shape index (κ1) is 63.5. The van der Waals surface area contributed by atoms with Gasteiger partial charge in [0.05, 0.1) is 13.2 Å². The second-order valence-corrected chi connectivity index (χ2v) is 20.7. The summed E-state index contributed by atoms with van der Waals surface area (Å²) < 4.78 is 56.7. The average molecular weight is 1040 g/mol. The van der Waals surface area contributed by atoms with Crippen molar-refractivity contribution < 1.29 is 71.1 Å². The Balaban J connectivity index is 1.82. The number of ether oxygens (including phenoxy) is 3. The molecule has 21 heteroatoms. The van der Waals surface area contributed by atoms with Crippen LogP contribution in [0.15, 0.2) is 65.7 Å². The molecule has 1 aliphatic heterocycles. The molecule has 71 heavy (non-hydrogen) atoms. The van der Waals surface area contributed by atoms with Crippen molar-refractivity contribution in [3.05, 3.63) is 71.4 Å². The van der Waals surface area contributed by atoms with Crippen LogP contribution >= 0.6 is 15.6 Å². The number of aliphatic hydroxyl groups is 2. The Hall–Kier alpha value is -3.61. The molecule has 1 fully saturated rings. The molecule has 0 aromatic carbocycles. The summed E-state index contributed by atoms with van der Waals surface area (Å²) in [5.41, 5.74) is 4.58. The number of phosphoric ester groups is 2. The number of carbonyl (C=O) groups excluding carboxylic acids is 3. The van der Waals surface area contributed by atoms with Gasteiger partial charge in [0.25, 0.3) is 0 Å². The lowest BCUT2D eigenvalue weighted by atomic mass is 10.1. The molecule has 2 rings (SSSR count). The Morgan fingerprint density at radius 3 is 1.90 bits per heavy atom.